The van der Waals surface area contributed by atoms with E-state index in [1.54, 1.807) is 12.1 Å². The highest BCUT2D eigenvalue weighted by Crippen LogP contribution is 2.28. The number of aryl methyl sites for hydroxylation is 2. The molecule has 0 atom stereocenters. The van der Waals surface area contributed by atoms with Gasteiger partial charge in [-0.1, -0.05) is 49.2 Å². The topological polar surface area (TPSA) is 90.7 Å². The number of carbonyl (C=O) groups is 2. The second-order valence-electron chi connectivity index (χ2n) is 7.42. The normalized spacial score (nSPS) is 10.8. The minimum atomic E-state index is -0.608. The molecule has 1 N–H and O–H groups in total. The highest BCUT2D eigenvalue weighted by Gasteiger charge is 2.18. The van der Waals surface area contributed by atoms with Gasteiger partial charge in [0.1, 0.15) is 23.7 Å². The third-order valence-electron chi connectivity index (χ3n) is 5.06. The number of carbonyl (C=O) groups excluding carboxylic acids is 2. The summed E-state index contributed by atoms with van der Waals surface area (Å²) in [6.07, 6.45) is 3.02. The second kappa shape index (κ2) is 10.6. The summed E-state index contributed by atoms with van der Waals surface area (Å²) >= 11 is 0. The van der Waals surface area contributed by atoms with Crippen molar-refractivity contribution in [3.63, 3.8) is 0 Å². The van der Waals surface area contributed by atoms with E-state index in [1.807, 2.05) is 38.1 Å². The summed E-state index contributed by atoms with van der Waals surface area (Å²) in [6.45, 7) is 6.20. The Morgan fingerprint density at radius 3 is 2.52 bits per heavy atom. The number of benzene rings is 2. The first kappa shape index (κ1) is 22.3. The number of nitrogens with zero attached hydrogens (tertiary/aromatic N) is 1. The molecule has 1 heterocycles. The lowest BCUT2D eigenvalue weighted by molar-refractivity contribution is -0.124. The van der Waals surface area contributed by atoms with Crippen LogP contribution in [-0.2, 0) is 16.1 Å². The lowest BCUT2D eigenvalue weighted by atomic mass is 10.1. The van der Waals surface area contributed by atoms with Gasteiger partial charge in [0.15, 0.2) is 6.61 Å². The molecular formula is C24H28N2O5. The number of unbranched alkanes of at least 4 members (excludes halogenated alkanes) is 2. The van der Waals surface area contributed by atoms with Crippen LogP contribution in [0.3, 0.4) is 0 Å². The van der Waals surface area contributed by atoms with Crippen LogP contribution in [0.4, 0.5) is 0 Å². The molecule has 0 aliphatic carbocycles. The summed E-state index contributed by atoms with van der Waals surface area (Å²) in [6, 6.07) is 11.2. The molecule has 1 amide bonds. The fourth-order valence-corrected chi connectivity index (χ4v) is 3.22. The molecule has 0 spiro atoms. The SMILES string of the molecule is CCCCCNC(=O)COC(=O)c1cc2ccccc2cc1OCc1c(C)noc1C. The molecule has 0 radical (unpaired) electrons. The van der Waals surface area contributed by atoms with Gasteiger partial charge in [-0.15, -0.1) is 0 Å². The molecule has 0 bridgehead atoms. The summed E-state index contributed by atoms with van der Waals surface area (Å²) < 4.78 is 16.4. The van der Waals surface area contributed by atoms with E-state index in [-0.39, 0.29) is 24.7 Å². The summed E-state index contributed by atoms with van der Waals surface area (Å²) in [7, 11) is 0. The third kappa shape index (κ3) is 5.84. The molecule has 0 aliphatic rings. The van der Waals surface area contributed by atoms with E-state index in [9.17, 15) is 9.59 Å². The zero-order chi connectivity index (χ0) is 22.2. The van der Waals surface area contributed by atoms with Crippen molar-refractivity contribution < 1.29 is 23.6 Å². The van der Waals surface area contributed by atoms with Crippen molar-refractivity contribution in [3.8, 4) is 5.75 Å². The molecule has 3 rings (SSSR count). The Kier molecular flexibility index (Phi) is 7.65. The molecule has 1 aromatic heterocycles. The Morgan fingerprint density at radius 1 is 1.10 bits per heavy atom. The predicted molar refractivity (Wildman–Crippen MR) is 117 cm³/mol. The molecule has 0 unspecified atom stereocenters. The van der Waals surface area contributed by atoms with Gasteiger partial charge in [0.2, 0.25) is 0 Å². The first-order valence-electron chi connectivity index (χ1n) is 10.5. The van der Waals surface area contributed by atoms with Crippen LogP contribution >= 0.6 is 0 Å². The molecule has 2 aromatic carbocycles. The van der Waals surface area contributed by atoms with Gasteiger partial charge in [0.05, 0.1) is 11.3 Å². The standard InChI is InChI=1S/C24H28N2O5/c1-4-5-8-11-25-23(27)15-30-24(28)20-12-18-9-6-7-10-19(18)13-22(20)29-14-21-16(2)26-31-17(21)3/h6-7,9-10,12-13H,4-5,8,11,14-15H2,1-3H3,(H,25,27). The van der Waals surface area contributed by atoms with Crippen molar-refractivity contribution in [1.29, 1.82) is 0 Å². The highest BCUT2D eigenvalue weighted by molar-refractivity contribution is 5.99. The number of hydrogen-bond acceptors (Lipinski definition) is 6. The molecule has 0 saturated heterocycles. The van der Waals surface area contributed by atoms with Crippen molar-refractivity contribution in [2.75, 3.05) is 13.2 Å². The average molecular weight is 424 g/mol. The minimum Gasteiger partial charge on any atom is -0.488 e. The molecule has 164 valence electrons. The Hall–Kier alpha value is -3.35. The zero-order valence-electron chi connectivity index (χ0n) is 18.2. The van der Waals surface area contributed by atoms with Gasteiger partial charge in [0.25, 0.3) is 5.91 Å². The monoisotopic (exact) mass is 424 g/mol. The van der Waals surface area contributed by atoms with Gasteiger partial charge in [0, 0.05) is 6.54 Å². The number of aromatic nitrogens is 1. The molecule has 7 nitrogen and oxygen atoms in total. The van der Waals surface area contributed by atoms with Crippen molar-refractivity contribution >= 4 is 22.6 Å². The number of nitrogens with one attached hydrogen (secondary N) is 1. The molecule has 31 heavy (non-hydrogen) atoms. The van der Waals surface area contributed by atoms with Gasteiger partial charge in [-0.25, -0.2) is 4.79 Å². The first-order chi connectivity index (χ1) is 15.0. The van der Waals surface area contributed by atoms with E-state index in [1.165, 1.54) is 0 Å². The van der Waals surface area contributed by atoms with Crippen molar-refractivity contribution in [2.45, 2.75) is 46.6 Å². The number of rotatable bonds is 10. The van der Waals surface area contributed by atoms with Crippen LogP contribution in [0.5, 0.6) is 5.75 Å². The average Bonchev–Trinajstić information content (AvgIpc) is 3.10. The highest BCUT2D eigenvalue weighted by atomic mass is 16.5. The largest absolute Gasteiger partial charge is 0.488 e. The number of esters is 1. The Morgan fingerprint density at radius 2 is 1.84 bits per heavy atom. The van der Waals surface area contributed by atoms with Crippen LogP contribution in [0.2, 0.25) is 0 Å². The van der Waals surface area contributed by atoms with Gasteiger partial charge in [-0.2, -0.15) is 0 Å². The molecule has 0 saturated carbocycles. The molecular weight excluding hydrogens is 396 g/mol. The number of ether oxygens (including phenoxy) is 2. The first-order valence-corrected chi connectivity index (χ1v) is 10.5. The molecule has 0 aliphatic heterocycles. The Labute approximate surface area is 181 Å². The van der Waals surface area contributed by atoms with Crippen molar-refractivity contribution in [3.05, 3.63) is 59.0 Å². The molecule has 7 heteroatoms. The van der Waals surface area contributed by atoms with Gasteiger partial charge in [-0.3, -0.25) is 4.79 Å². The summed E-state index contributed by atoms with van der Waals surface area (Å²) in [5, 5.41) is 8.50. The van der Waals surface area contributed by atoms with Crippen LogP contribution in [0, 0.1) is 13.8 Å². The van der Waals surface area contributed by atoms with Crippen LogP contribution < -0.4 is 10.1 Å². The zero-order valence-corrected chi connectivity index (χ0v) is 18.2. The van der Waals surface area contributed by atoms with Crippen LogP contribution in [0.1, 0.15) is 53.6 Å². The number of amides is 1. The predicted octanol–water partition coefficient (Wildman–Crippen LogP) is 4.49. The smallest absolute Gasteiger partial charge is 0.342 e. The maximum Gasteiger partial charge on any atom is 0.342 e. The van der Waals surface area contributed by atoms with E-state index < -0.39 is 5.97 Å². The molecule has 3 aromatic rings. The van der Waals surface area contributed by atoms with Gasteiger partial charge in [-0.05, 0) is 43.2 Å². The lowest BCUT2D eigenvalue weighted by Crippen LogP contribution is -2.29. The summed E-state index contributed by atoms with van der Waals surface area (Å²) in [5.74, 6) is 0.126. The van der Waals surface area contributed by atoms with Crippen LogP contribution in [0.15, 0.2) is 40.9 Å². The van der Waals surface area contributed by atoms with E-state index >= 15 is 0 Å². The summed E-state index contributed by atoms with van der Waals surface area (Å²) in [5.41, 5.74) is 1.84. The van der Waals surface area contributed by atoms with E-state index in [4.69, 9.17) is 14.0 Å². The number of hydrogen-bond donors (Lipinski definition) is 1. The maximum absolute atomic E-state index is 12.8. The van der Waals surface area contributed by atoms with E-state index in [0.29, 0.717) is 18.1 Å². The quantitative estimate of drug-likeness (QED) is 0.381. The third-order valence-corrected chi connectivity index (χ3v) is 5.06. The van der Waals surface area contributed by atoms with E-state index in [0.717, 1.165) is 41.3 Å². The lowest BCUT2D eigenvalue weighted by Gasteiger charge is -2.13. The maximum atomic E-state index is 12.8. The Balaban J connectivity index is 1.73. The van der Waals surface area contributed by atoms with Crippen LogP contribution in [0.25, 0.3) is 10.8 Å². The van der Waals surface area contributed by atoms with Crippen molar-refractivity contribution in [1.82, 2.24) is 10.5 Å². The van der Waals surface area contributed by atoms with Crippen LogP contribution in [-0.4, -0.2) is 30.2 Å². The fourth-order valence-electron chi connectivity index (χ4n) is 3.22. The van der Waals surface area contributed by atoms with Gasteiger partial charge >= 0.3 is 5.97 Å². The fraction of sp³-hybridized carbons (Fsp3) is 0.375. The molecule has 0 fully saturated rings. The minimum absolute atomic E-state index is 0.206. The van der Waals surface area contributed by atoms with Crippen molar-refractivity contribution in [2.24, 2.45) is 0 Å². The van der Waals surface area contributed by atoms with E-state index in [2.05, 4.69) is 17.4 Å². The summed E-state index contributed by atoms with van der Waals surface area (Å²) in [4.78, 5) is 24.7. The number of fused-ring (bicyclic) bond motifs is 1. The second-order valence-corrected chi connectivity index (χ2v) is 7.42. The van der Waals surface area contributed by atoms with Gasteiger partial charge < -0.3 is 19.3 Å². The Bertz CT molecular complexity index is 1040.